The summed E-state index contributed by atoms with van der Waals surface area (Å²) >= 11 is 0. The molecule has 1 unspecified atom stereocenters. The highest BCUT2D eigenvalue weighted by Gasteiger charge is 2.18. The zero-order valence-corrected chi connectivity index (χ0v) is 20.3. The van der Waals surface area contributed by atoms with Crippen molar-refractivity contribution in [3.63, 3.8) is 0 Å². The minimum absolute atomic E-state index is 0.368. The van der Waals surface area contributed by atoms with Gasteiger partial charge in [-0.05, 0) is 81.1 Å². The van der Waals surface area contributed by atoms with Crippen molar-refractivity contribution in [2.45, 2.75) is 64.7 Å². The number of anilines is 1. The van der Waals surface area contributed by atoms with Crippen molar-refractivity contribution in [3.05, 3.63) is 65.4 Å². The number of likely N-dealkylation sites (tertiary alicyclic amines) is 1. The van der Waals surface area contributed by atoms with Crippen molar-refractivity contribution in [1.82, 2.24) is 9.88 Å². The van der Waals surface area contributed by atoms with Crippen molar-refractivity contribution < 1.29 is 0 Å². The zero-order valence-electron chi connectivity index (χ0n) is 20.3. The second-order valence-electron chi connectivity index (χ2n) is 9.83. The van der Waals surface area contributed by atoms with E-state index in [4.69, 9.17) is 0 Å². The minimum atomic E-state index is 0.368. The highest BCUT2D eigenvalue weighted by Crippen LogP contribution is 2.33. The molecule has 0 spiro atoms. The number of nitrogens with one attached hydrogen (secondary N) is 2. The van der Waals surface area contributed by atoms with Gasteiger partial charge in [0.15, 0.2) is 0 Å². The van der Waals surface area contributed by atoms with Crippen LogP contribution in [-0.4, -0.2) is 36.6 Å². The third-order valence-corrected chi connectivity index (χ3v) is 7.40. The second-order valence-corrected chi connectivity index (χ2v) is 9.83. The number of hydrogen-bond donors (Lipinski definition) is 2. The number of nitrogens with zero attached hydrogens (tertiary/aromatic N) is 1. The van der Waals surface area contributed by atoms with E-state index in [9.17, 15) is 0 Å². The number of piperidine rings is 1. The van der Waals surface area contributed by atoms with Crippen LogP contribution in [0.2, 0.25) is 0 Å². The number of unbranched alkanes of at least 4 members (excludes halogenated alkanes) is 1. The standard InChI is InChI=1S/C29H41N3/c1-4-9-27-26-11-5-6-12-28(26)31-29(27)22(2)24-13-15-25(16-14-24)30-19-8-7-10-23-17-20-32(3)21-18-23/h5-6,11-16,22-23,30-31H,4,7-10,17-21H2,1-3H3. The van der Waals surface area contributed by atoms with E-state index in [0.717, 1.165) is 18.9 Å². The van der Waals surface area contributed by atoms with Crippen LogP contribution in [0.15, 0.2) is 48.5 Å². The molecule has 4 rings (SSSR count). The van der Waals surface area contributed by atoms with Gasteiger partial charge >= 0.3 is 0 Å². The molecule has 1 saturated heterocycles. The number of rotatable bonds is 10. The van der Waals surface area contributed by atoms with E-state index in [1.165, 1.54) is 85.0 Å². The van der Waals surface area contributed by atoms with Gasteiger partial charge in [0, 0.05) is 34.7 Å². The first-order valence-electron chi connectivity index (χ1n) is 12.8. The maximum Gasteiger partial charge on any atom is 0.0459 e. The fraction of sp³-hybridized carbons (Fsp3) is 0.517. The largest absolute Gasteiger partial charge is 0.385 e. The lowest BCUT2D eigenvalue weighted by Gasteiger charge is -2.28. The summed E-state index contributed by atoms with van der Waals surface area (Å²) in [5, 5.41) is 5.02. The van der Waals surface area contributed by atoms with Gasteiger partial charge in [-0.25, -0.2) is 0 Å². The second kappa shape index (κ2) is 11.0. The summed E-state index contributed by atoms with van der Waals surface area (Å²) in [6, 6.07) is 17.8. The van der Waals surface area contributed by atoms with Crippen molar-refractivity contribution in [3.8, 4) is 0 Å². The Hall–Kier alpha value is -2.26. The van der Waals surface area contributed by atoms with Gasteiger partial charge in [-0.2, -0.15) is 0 Å². The lowest BCUT2D eigenvalue weighted by atomic mass is 9.92. The number of aromatic amines is 1. The average molecular weight is 432 g/mol. The van der Waals surface area contributed by atoms with Gasteiger partial charge in [0.1, 0.15) is 0 Å². The molecule has 1 aromatic heterocycles. The number of aryl methyl sites for hydroxylation is 1. The van der Waals surface area contributed by atoms with E-state index >= 15 is 0 Å². The van der Waals surface area contributed by atoms with E-state index in [-0.39, 0.29) is 0 Å². The Balaban J connectivity index is 1.30. The normalized spacial score (nSPS) is 16.5. The van der Waals surface area contributed by atoms with Gasteiger partial charge in [-0.3, -0.25) is 0 Å². The first kappa shape index (κ1) is 22.9. The topological polar surface area (TPSA) is 31.1 Å². The van der Waals surface area contributed by atoms with E-state index in [0.29, 0.717) is 5.92 Å². The molecular weight excluding hydrogens is 390 g/mol. The maximum absolute atomic E-state index is 3.72. The Kier molecular flexibility index (Phi) is 7.91. The molecule has 0 amide bonds. The summed E-state index contributed by atoms with van der Waals surface area (Å²) in [5.74, 6) is 1.32. The van der Waals surface area contributed by atoms with Gasteiger partial charge in [0.05, 0.1) is 0 Å². The lowest BCUT2D eigenvalue weighted by molar-refractivity contribution is 0.210. The molecule has 3 nitrogen and oxygen atoms in total. The Labute approximate surface area is 194 Å². The Morgan fingerprint density at radius 2 is 1.78 bits per heavy atom. The van der Waals surface area contributed by atoms with Gasteiger partial charge < -0.3 is 15.2 Å². The average Bonchev–Trinajstić information content (AvgIpc) is 3.19. The molecule has 3 heteroatoms. The predicted molar refractivity (Wildman–Crippen MR) is 139 cm³/mol. The molecule has 0 saturated carbocycles. The van der Waals surface area contributed by atoms with Crippen LogP contribution in [0.1, 0.15) is 75.1 Å². The van der Waals surface area contributed by atoms with Crippen LogP contribution in [0.25, 0.3) is 10.9 Å². The smallest absolute Gasteiger partial charge is 0.0459 e. The number of para-hydroxylation sites is 1. The van der Waals surface area contributed by atoms with Gasteiger partial charge in [-0.15, -0.1) is 0 Å². The number of aromatic nitrogens is 1. The van der Waals surface area contributed by atoms with Crippen molar-refractivity contribution in [2.75, 3.05) is 32.0 Å². The molecule has 0 radical (unpaired) electrons. The van der Waals surface area contributed by atoms with Crippen molar-refractivity contribution >= 4 is 16.6 Å². The van der Waals surface area contributed by atoms with Crippen LogP contribution < -0.4 is 5.32 Å². The molecule has 1 aliphatic rings. The summed E-state index contributed by atoms with van der Waals surface area (Å²) in [5.41, 5.74) is 6.74. The molecule has 0 aliphatic carbocycles. The predicted octanol–water partition coefficient (Wildman–Crippen LogP) is 7.20. The molecule has 1 atom stereocenters. The summed E-state index contributed by atoms with van der Waals surface area (Å²) in [6.07, 6.45) is 9.08. The van der Waals surface area contributed by atoms with E-state index in [1.54, 1.807) is 0 Å². The monoisotopic (exact) mass is 431 g/mol. The van der Waals surface area contributed by atoms with Crippen LogP contribution >= 0.6 is 0 Å². The third-order valence-electron chi connectivity index (χ3n) is 7.40. The first-order valence-corrected chi connectivity index (χ1v) is 12.8. The molecule has 3 aromatic rings. The Morgan fingerprint density at radius 3 is 2.53 bits per heavy atom. The highest BCUT2D eigenvalue weighted by molar-refractivity contribution is 5.85. The fourth-order valence-electron chi connectivity index (χ4n) is 5.31. The molecule has 0 bridgehead atoms. The molecule has 32 heavy (non-hydrogen) atoms. The fourth-order valence-corrected chi connectivity index (χ4v) is 5.31. The molecule has 2 heterocycles. The molecular formula is C29H41N3. The Bertz CT molecular complexity index is 964. The third kappa shape index (κ3) is 5.56. The van der Waals surface area contributed by atoms with Crippen molar-refractivity contribution in [1.29, 1.82) is 0 Å². The summed E-state index contributed by atoms with van der Waals surface area (Å²) in [6.45, 7) is 8.24. The van der Waals surface area contributed by atoms with Crippen LogP contribution in [-0.2, 0) is 6.42 Å². The van der Waals surface area contributed by atoms with Gasteiger partial charge in [-0.1, -0.05) is 63.4 Å². The van der Waals surface area contributed by atoms with Gasteiger partial charge in [0.2, 0.25) is 0 Å². The molecule has 2 aromatic carbocycles. The molecule has 1 aliphatic heterocycles. The summed E-state index contributed by atoms with van der Waals surface area (Å²) < 4.78 is 0. The summed E-state index contributed by atoms with van der Waals surface area (Å²) in [4.78, 5) is 6.18. The number of benzene rings is 2. The van der Waals surface area contributed by atoms with E-state index < -0.39 is 0 Å². The number of fused-ring (bicyclic) bond motifs is 1. The van der Waals surface area contributed by atoms with Crippen LogP contribution in [0.3, 0.4) is 0 Å². The highest BCUT2D eigenvalue weighted by atomic mass is 15.1. The Morgan fingerprint density at radius 1 is 1.03 bits per heavy atom. The summed E-state index contributed by atoms with van der Waals surface area (Å²) in [7, 11) is 2.25. The molecule has 1 fully saturated rings. The molecule has 2 N–H and O–H groups in total. The van der Waals surface area contributed by atoms with Crippen molar-refractivity contribution in [2.24, 2.45) is 5.92 Å². The van der Waals surface area contributed by atoms with Crippen LogP contribution in [0.4, 0.5) is 5.69 Å². The minimum Gasteiger partial charge on any atom is -0.385 e. The van der Waals surface area contributed by atoms with Crippen LogP contribution in [0.5, 0.6) is 0 Å². The quantitative estimate of drug-likeness (QED) is 0.333. The molecule has 172 valence electrons. The zero-order chi connectivity index (χ0) is 22.3. The lowest BCUT2D eigenvalue weighted by Crippen LogP contribution is -2.30. The van der Waals surface area contributed by atoms with E-state index in [1.807, 2.05) is 0 Å². The van der Waals surface area contributed by atoms with Gasteiger partial charge in [0.25, 0.3) is 0 Å². The number of H-pyrrole nitrogens is 1. The van der Waals surface area contributed by atoms with Crippen LogP contribution in [0, 0.1) is 5.92 Å². The SMILES string of the molecule is CCCc1c(C(C)c2ccc(NCCCCC3CCN(C)CC3)cc2)[nH]c2ccccc12. The first-order chi connectivity index (χ1) is 15.7. The number of hydrogen-bond acceptors (Lipinski definition) is 2. The van der Waals surface area contributed by atoms with E-state index in [2.05, 4.69) is 84.6 Å². The maximum atomic E-state index is 3.72.